The monoisotopic (exact) mass is 278 g/mol. The van der Waals surface area contributed by atoms with Gasteiger partial charge in [-0.3, -0.25) is 0 Å². The minimum absolute atomic E-state index is 0.542. The summed E-state index contributed by atoms with van der Waals surface area (Å²) in [5.74, 6) is -1.90. The van der Waals surface area contributed by atoms with Crippen molar-refractivity contribution in [2.45, 2.75) is 45.1 Å². The lowest BCUT2D eigenvalue weighted by Gasteiger charge is -2.22. The van der Waals surface area contributed by atoms with Gasteiger partial charge in [0.1, 0.15) is 0 Å². The number of hydrogen-bond acceptors (Lipinski definition) is 3. The van der Waals surface area contributed by atoms with Crippen molar-refractivity contribution in [3.63, 3.8) is 0 Å². The van der Waals surface area contributed by atoms with Gasteiger partial charge in [0, 0.05) is 0 Å². The average molecular weight is 278 g/mol. The molecule has 0 aromatic carbocycles. The second-order valence-electron chi connectivity index (χ2n) is 4.26. The summed E-state index contributed by atoms with van der Waals surface area (Å²) in [7, 11) is -7.04. The molecular weight excluding hydrogens is 261 g/mol. The van der Waals surface area contributed by atoms with E-state index >= 15 is 0 Å². The van der Waals surface area contributed by atoms with Crippen LogP contribution in [-0.4, -0.2) is 28.7 Å². The first-order valence-electron chi connectivity index (χ1n) is 4.97. The highest BCUT2D eigenvalue weighted by molar-refractivity contribution is 7.87. The minimum Gasteiger partial charge on any atom is -0.315 e. The van der Waals surface area contributed by atoms with Gasteiger partial charge in [0.05, 0.1) is 0 Å². The number of halogens is 3. The predicted molar refractivity (Wildman–Crippen MR) is 58.1 cm³/mol. The Bertz CT molecular complexity index is 311. The molecule has 0 bridgehead atoms. The van der Waals surface area contributed by atoms with Gasteiger partial charge >= 0.3 is 6.18 Å². The molecule has 0 aliphatic heterocycles. The van der Waals surface area contributed by atoms with Gasteiger partial charge < -0.3 is 3.87 Å². The molecule has 0 aliphatic rings. The Morgan fingerprint density at radius 1 is 1.25 bits per heavy atom. The SMILES string of the molecule is CCCC[Si](C)(C)OS(=O)(=O)CC(F)(F)F. The van der Waals surface area contributed by atoms with Crippen molar-refractivity contribution < 1.29 is 25.5 Å². The van der Waals surface area contributed by atoms with Crippen LogP contribution in [0.4, 0.5) is 13.2 Å². The zero-order valence-corrected chi connectivity index (χ0v) is 11.4. The molecule has 0 heterocycles. The molecule has 0 atom stereocenters. The third-order valence-corrected chi connectivity index (χ3v) is 6.88. The van der Waals surface area contributed by atoms with Crippen molar-refractivity contribution >= 4 is 18.4 Å². The normalized spacial score (nSPS) is 14.1. The number of hydrogen-bond donors (Lipinski definition) is 0. The van der Waals surface area contributed by atoms with E-state index in [9.17, 15) is 21.6 Å². The molecule has 0 saturated heterocycles. The molecule has 16 heavy (non-hydrogen) atoms. The topological polar surface area (TPSA) is 43.4 Å². The average Bonchev–Trinajstić information content (AvgIpc) is 1.93. The Kier molecular flexibility index (Phi) is 5.47. The summed E-state index contributed by atoms with van der Waals surface area (Å²) in [5.41, 5.74) is 0. The maximum absolute atomic E-state index is 11.9. The molecule has 0 saturated carbocycles. The van der Waals surface area contributed by atoms with Gasteiger partial charge in [0.15, 0.2) is 5.75 Å². The fraction of sp³-hybridized carbons (Fsp3) is 1.00. The summed E-state index contributed by atoms with van der Waals surface area (Å²) in [6, 6.07) is 0.542. The van der Waals surface area contributed by atoms with Crippen molar-refractivity contribution in [1.29, 1.82) is 0 Å². The minimum atomic E-state index is -4.74. The molecule has 0 fully saturated rings. The van der Waals surface area contributed by atoms with E-state index in [1.165, 1.54) is 0 Å². The van der Waals surface area contributed by atoms with Crippen molar-refractivity contribution in [2.24, 2.45) is 0 Å². The molecule has 0 N–H and O–H groups in total. The van der Waals surface area contributed by atoms with Crippen LogP contribution in [0.15, 0.2) is 0 Å². The molecule has 0 rings (SSSR count). The van der Waals surface area contributed by atoms with Crippen LogP contribution < -0.4 is 0 Å². The lowest BCUT2D eigenvalue weighted by molar-refractivity contribution is -0.107. The van der Waals surface area contributed by atoms with Crippen LogP contribution in [0.3, 0.4) is 0 Å². The number of rotatable bonds is 6. The van der Waals surface area contributed by atoms with E-state index in [0.29, 0.717) is 6.04 Å². The molecule has 0 aromatic heterocycles. The summed E-state index contributed by atoms with van der Waals surface area (Å²) in [4.78, 5) is 0. The molecule has 8 heteroatoms. The van der Waals surface area contributed by atoms with E-state index in [4.69, 9.17) is 3.87 Å². The predicted octanol–water partition coefficient (Wildman–Crippen LogP) is 2.90. The largest absolute Gasteiger partial charge is 0.405 e. The Morgan fingerprint density at radius 2 is 1.75 bits per heavy atom. The van der Waals surface area contributed by atoms with Crippen LogP contribution in [0, 0.1) is 0 Å². The van der Waals surface area contributed by atoms with Crippen LogP contribution in [-0.2, 0) is 14.0 Å². The van der Waals surface area contributed by atoms with E-state index in [1.807, 2.05) is 6.92 Å². The van der Waals surface area contributed by atoms with Crippen LogP contribution in [0.1, 0.15) is 19.8 Å². The molecule has 0 spiro atoms. The van der Waals surface area contributed by atoms with E-state index in [0.717, 1.165) is 12.8 Å². The Balaban J connectivity index is 4.46. The van der Waals surface area contributed by atoms with Crippen molar-refractivity contribution in [2.75, 3.05) is 5.75 Å². The molecule has 0 aromatic rings. The van der Waals surface area contributed by atoms with Crippen molar-refractivity contribution in [3.8, 4) is 0 Å². The van der Waals surface area contributed by atoms with Crippen LogP contribution in [0.2, 0.25) is 19.1 Å². The highest BCUT2D eigenvalue weighted by Crippen LogP contribution is 2.23. The van der Waals surface area contributed by atoms with E-state index < -0.39 is 30.4 Å². The van der Waals surface area contributed by atoms with Gasteiger partial charge in [-0.25, -0.2) is 8.42 Å². The molecule has 0 radical (unpaired) electrons. The van der Waals surface area contributed by atoms with Gasteiger partial charge in [-0.1, -0.05) is 19.8 Å². The molecule has 98 valence electrons. The maximum atomic E-state index is 11.9. The lowest BCUT2D eigenvalue weighted by Crippen LogP contribution is -2.37. The molecule has 3 nitrogen and oxygen atoms in total. The van der Waals surface area contributed by atoms with Gasteiger partial charge in [-0.2, -0.15) is 13.2 Å². The van der Waals surface area contributed by atoms with Crippen molar-refractivity contribution in [1.82, 2.24) is 0 Å². The fourth-order valence-electron chi connectivity index (χ4n) is 1.22. The van der Waals surface area contributed by atoms with Crippen LogP contribution >= 0.6 is 0 Å². The smallest absolute Gasteiger partial charge is 0.315 e. The maximum Gasteiger partial charge on any atom is 0.405 e. The Morgan fingerprint density at radius 3 is 2.12 bits per heavy atom. The fourth-order valence-corrected chi connectivity index (χ4v) is 6.14. The highest BCUT2D eigenvalue weighted by Gasteiger charge is 2.39. The molecule has 0 unspecified atom stereocenters. The van der Waals surface area contributed by atoms with Gasteiger partial charge in [0.25, 0.3) is 10.1 Å². The van der Waals surface area contributed by atoms with Gasteiger partial charge in [-0.15, -0.1) is 0 Å². The third kappa shape index (κ3) is 8.11. The number of alkyl halides is 3. The van der Waals surface area contributed by atoms with Gasteiger partial charge in [0.2, 0.25) is 8.32 Å². The van der Waals surface area contributed by atoms with E-state index in [-0.39, 0.29) is 0 Å². The Hall–Kier alpha value is -0.0831. The Labute approximate surface area is 95.2 Å². The second-order valence-corrected chi connectivity index (χ2v) is 10.4. The first-order chi connectivity index (χ1) is 6.97. The summed E-state index contributed by atoms with van der Waals surface area (Å²) in [6.45, 7) is 5.14. The first kappa shape index (κ1) is 15.9. The standard InChI is InChI=1S/C8H17F3O3SSi/c1-4-5-6-16(2,3)14-15(12,13)7-8(9,10)11/h4-7H2,1-3H3. The third-order valence-electron chi connectivity index (χ3n) is 1.83. The molecule has 0 aliphatic carbocycles. The lowest BCUT2D eigenvalue weighted by atomic mass is 10.4. The summed E-state index contributed by atoms with van der Waals surface area (Å²) in [6.07, 6.45) is -3.12. The quantitative estimate of drug-likeness (QED) is 0.702. The summed E-state index contributed by atoms with van der Waals surface area (Å²) >= 11 is 0. The summed E-state index contributed by atoms with van der Waals surface area (Å²) in [5, 5.41) is 0. The zero-order valence-electron chi connectivity index (χ0n) is 9.60. The number of unbranched alkanes of at least 4 members (excludes halogenated alkanes) is 1. The van der Waals surface area contributed by atoms with Crippen molar-refractivity contribution in [3.05, 3.63) is 0 Å². The second kappa shape index (κ2) is 5.50. The zero-order chi connectivity index (χ0) is 13.0. The summed E-state index contributed by atoms with van der Waals surface area (Å²) < 4.78 is 62.7. The van der Waals surface area contributed by atoms with Crippen LogP contribution in [0.25, 0.3) is 0 Å². The molecular formula is C8H17F3O3SSi. The van der Waals surface area contributed by atoms with E-state index in [1.54, 1.807) is 13.1 Å². The molecule has 0 amide bonds. The highest BCUT2D eigenvalue weighted by atomic mass is 32.2. The van der Waals surface area contributed by atoms with Crippen LogP contribution in [0.5, 0.6) is 0 Å². The first-order valence-corrected chi connectivity index (χ1v) is 9.67. The van der Waals surface area contributed by atoms with Gasteiger partial charge in [-0.05, 0) is 19.1 Å². The van der Waals surface area contributed by atoms with E-state index in [2.05, 4.69) is 0 Å².